The highest BCUT2D eigenvalue weighted by Crippen LogP contribution is 2.41. The summed E-state index contributed by atoms with van der Waals surface area (Å²) in [5, 5.41) is -2.72. The number of carbonyl (C=O) groups is 2. The van der Waals surface area contributed by atoms with Crippen LogP contribution in [0.1, 0.15) is 39.5 Å². The van der Waals surface area contributed by atoms with Crippen molar-refractivity contribution < 1.29 is 49.8 Å². The average molecular weight is 457 g/mol. The van der Waals surface area contributed by atoms with Gasteiger partial charge in [0, 0.05) is 18.5 Å². The van der Waals surface area contributed by atoms with Crippen LogP contribution in [-0.2, 0) is 19.1 Å². The van der Waals surface area contributed by atoms with Crippen LogP contribution in [0.3, 0.4) is 0 Å². The summed E-state index contributed by atoms with van der Waals surface area (Å²) in [4.78, 5) is 23.7. The second-order valence-electron chi connectivity index (χ2n) is 6.09. The van der Waals surface area contributed by atoms with Crippen molar-refractivity contribution in [1.29, 1.82) is 0 Å². The van der Waals surface area contributed by atoms with Crippen molar-refractivity contribution in [1.82, 2.24) is 5.32 Å². The van der Waals surface area contributed by atoms with Crippen LogP contribution in [0.15, 0.2) is 12.2 Å². The molecule has 0 saturated heterocycles. The van der Waals surface area contributed by atoms with Gasteiger partial charge in [-0.15, -0.1) is 0 Å². The highest BCUT2D eigenvalue weighted by molar-refractivity contribution is 7.81. The standard InChI is InChI=1S/C16H22F7NO4S/c1-4-8-24-12(26)14(15(19,20)21,28-11(25)10(2)3)27-9-6-5-7-13(17,18)16(22,23)29/h29H,2,4-9H2,1,3H3,(H,24,26). The lowest BCUT2D eigenvalue weighted by Crippen LogP contribution is -2.61. The summed E-state index contributed by atoms with van der Waals surface area (Å²) in [6.45, 7) is 4.51. The van der Waals surface area contributed by atoms with Crippen LogP contribution in [0.5, 0.6) is 0 Å². The normalized spacial score (nSPS) is 14.8. The number of halogens is 7. The highest BCUT2D eigenvalue weighted by atomic mass is 32.1. The number of hydrogen-bond acceptors (Lipinski definition) is 5. The number of rotatable bonds is 12. The molecule has 0 fully saturated rings. The second kappa shape index (κ2) is 10.5. The van der Waals surface area contributed by atoms with Crippen molar-refractivity contribution in [2.24, 2.45) is 0 Å². The Labute approximate surface area is 168 Å². The molecule has 0 aliphatic rings. The van der Waals surface area contributed by atoms with Gasteiger partial charge < -0.3 is 14.8 Å². The SMILES string of the molecule is C=C(C)C(=O)OC(OCCCCC(F)(F)C(F)(F)S)(C(=O)NCCC)C(F)(F)F. The molecule has 5 nitrogen and oxygen atoms in total. The zero-order valence-electron chi connectivity index (χ0n) is 15.7. The summed E-state index contributed by atoms with van der Waals surface area (Å²) >= 11 is 2.48. The molecule has 0 bridgehead atoms. The van der Waals surface area contributed by atoms with E-state index < -0.39 is 66.5 Å². The van der Waals surface area contributed by atoms with E-state index >= 15 is 0 Å². The Morgan fingerprint density at radius 3 is 2.03 bits per heavy atom. The van der Waals surface area contributed by atoms with Crippen LogP contribution in [0, 0.1) is 0 Å². The van der Waals surface area contributed by atoms with Crippen LogP contribution in [0.4, 0.5) is 30.7 Å². The number of esters is 1. The number of carbonyl (C=O) groups excluding carboxylic acids is 2. The third-order valence-electron chi connectivity index (χ3n) is 3.42. The van der Waals surface area contributed by atoms with Gasteiger partial charge in [0.25, 0.3) is 0 Å². The minimum atomic E-state index is -5.53. The first-order chi connectivity index (χ1) is 13.0. The van der Waals surface area contributed by atoms with E-state index in [4.69, 9.17) is 0 Å². The molecule has 0 heterocycles. The molecule has 1 N–H and O–H groups in total. The molecule has 13 heteroatoms. The Morgan fingerprint density at radius 2 is 1.62 bits per heavy atom. The van der Waals surface area contributed by atoms with Crippen LogP contribution in [-0.4, -0.2) is 48.2 Å². The smallest absolute Gasteiger partial charge is 0.412 e. The van der Waals surface area contributed by atoms with Crippen molar-refractivity contribution >= 4 is 24.5 Å². The van der Waals surface area contributed by atoms with Crippen molar-refractivity contribution in [3.63, 3.8) is 0 Å². The summed E-state index contributed by atoms with van der Waals surface area (Å²) in [5.74, 6) is -11.9. The minimum Gasteiger partial charge on any atom is -0.412 e. The zero-order valence-corrected chi connectivity index (χ0v) is 16.6. The molecule has 1 unspecified atom stereocenters. The van der Waals surface area contributed by atoms with Crippen LogP contribution < -0.4 is 5.32 Å². The van der Waals surface area contributed by atoms with E-state index in [1.165, 1.54) is 0 Å². The van der Waals surface area contributed by atoms with Crippen LogP contribution in [0.2, 0.25) is 0 Å². The van der Waals surface area contributed by atoms with Crippen LogP contribution >= 0.6 is 12.6 Å². The van der Waals surface area contributed by atoms with E-state index in [1.54, 1.807) is 6.92 Å². The monoisotopic (exact) mass is 457 g/mol. The summed E-state index contributed by atoms with van der Waals surface area (Å²) in [5.41, 5.74) is -0.457. The second-order valence-corrected chi connectivity index (χ2v) is 6.65. The molecule has 0 spiro atoms. The molecular weight excluding hydrogens is 435 g/mol. The number of unbranched alkanes of at least 4 members (excludes halogenated alkanes) is 1. The Kier molecular flexibility index (Phi) is 9.96. The molecule has 1 atom stereocenters. The number of amides is 1. The summed E-state index contributed by atoms with van der Waals surface area (Å²) in [6.07, 6.45) is -7.91. The lowest BCUT2D eigenvalue weighted by Gasteiger charge is -2.33. The molecule has 0 rings (SSSR count). The Hall–Kier alpha value is -1.50. The molecular formula is C16H22F7NO4S. The Morgan fingerprint density at radius 1 is 1.07 bits per heavy atom. The predicted molar refractivity (Wildman–Crippen MR) is 91.7 cm³/mol. The minimum absolute atomic E-state index is 0.201. The quantitative estimate of drug-likeness (QED) is 0.115. The summed E-state index contributed by atoms with van der Waals surface area (Å²) in [7, 11) is 0. The first-order valence-electron chi connectivity index (χ1n) is 8.37. The fourth-order valence-electron chi connectivity index (χ4n) is 1.80. The van der Waals surface area contributed by atoms with Crippen molar-refractivity contribution in [2.45, 2.75) is 62.7 Å². The molecule has 0 aliphatic carbocycles. The zero-order chi connectivity index (χ0) is 23.1. The van der Waals surface area contributed by atoms with Gasteiger partial charge in [-0.3, -0.25) is 4.79 Å². The van der Waals surface area contributed by atoms with Gasteiger partial charge >= 0.3 is 35.0 Å². The van der Waals surface area contributed by atoms with Gasteiger partial charge in [0.1, 0.15) is 0 Å². The molecule has 0 aromatic carbocycles. The molecule has 0 aromatic rings. The molecule has 0 aliphatic heterocycles. The van der Waals surface area contributed by atoms with E-state index in [0.29, 0.717) is 0 Å². The van der Waals surface area contributed by atoms with E-state index in [1.807, 2.05) is 5.32 Å². The average Bonchev–Trinajstić information content (AvgIpc) is 2.55. The number of hydrogen-bond donors (Lipinski definition) is 2. The molecule has 0 saturated carbocycles. The van der Waals surface area contributed by atoms with Gasteiger partial charge in [-0.05, 0) is 26.2 Å². The summed E-state index contributed by atoms with van der Waals surface area (Å²) < 4.78 is 101. The fraction of sp³-hybridized carbons (Fsp3) is 0.750. The topological polar surface area (TPSA) is 64.6 Å². The van der Waals surface area contributed by atoms with Gasteiger partial charge in [-0.1, -0.05) is 26.1 Å². The summed E-state index contributed by atoms with van der Waals surface area (Å²) in [6, 6.07) is 0. The van der Waals surface area contributed by atoms with Gasteiger partial charge in [-0.2, -0.15) is 30.7 Å². The lowest BCUT2D eigenvalue weighted by atomic mass is 10.1. The van der Waals surface area contributed by atoms with Crippen molar-refractivity contribution in [3.05, 3.63) is 12.2 Å². The first kappa shape index (κ1) is 27.5. The van der Waals surface area contributed by atoms with Gasteiger partial charge in [0.2, 0.25) is 0 Å². The van der Waals surface area contributed by atoms with Gasteiger partial charge in [-0.25, -0.2) is 4.79 Å². The third kappa shape index (κ3) is 7.68. The third-order valence-corrected chi connectivity index (χ3v) is 3.75. The molecule has 0 aromatic heterocycles. The number of alkyl halides is 7. The highest BCUT2D eigenvalue weighted by Gasteiger charge is 2.66. The number of nitrogens with one attached hydrogen (secondary N) is 1. The van der Waals surface area contributed by atoms with Crippen LogP contribution in [0.25, 0.3) is 0 Å². The fourth-order valence-corrected chi connectivity index (χ4v) is 1.91. The predicted octanol–water partition coefficient (Wildman–Crippen LogP) is 4.24. The Bertz CT molecular complexity index is 593. The van der Waals surface area contributed by atoms with E-state index in [0.717, 1.165) is 6.92 Å². The van der Waals surface area contributed by atoms with Gasteiger partial charge in [0.15, 0.2) is 0 Å². The molecule has 0 radical (unpaired) electrons. The molecule has 170 valence electrons. The van der Waals surface area contributed by atoms with Gasteiger partial charge in [0.05, 0.1) is 6.61 Å². The maximum Gasteiger partial charge on any atom is 0.466 e. The van der Waals surface area contributed by atoms with E-state index in [-0.39, 0.29) is 13.0 Å². The number of ether oxygens (including phenoxy) is 2. The molecule has 1 amide bonds. The van der Waals surface area contributed by atoms with E-state index in [9.17, 15) is 40.3 Å². The van der Waals surface area contributed by atoms with Crippen molar-refractivity contribution in [2.75, 3.05) is 13.2 Å². The Balaban J connectivity index is 5.36. The largest absolute Gasteiger partial charge is 0.466 e. The first-order valence-corrected chi connectivity index (χ1v) is 8.82. The molecule has 29 heavy (non-hydrogen) atoms. The maximum absolute atomic E-state index is 13.6. The van der Waals surface area contributed by atoms with Crippen molar-refractivity contribution in [3.8, 4) is 0 Å². The number of thiol groups is 1. The lowest BCUT2D eigenvalue weighted by molar-refractivity contribution is -0.347. The van der Waals surface area contributed by atoms with E-state index in [2.05, 4.69) is 28.7 Å². The maximum atomic E-state index is 13.6.